The molecule has 0 fully saturated rings. The van der Waals surface area contributed by atoms with Crippen molar-refractivity contribution in [3.8, 4) is 11.1 Å². The summed E-state index contributed by atoms with van der Waals surface area (Å²) in [7, 11) is 1.22. The van der Waals surface area contributed by atoms with E-state index in [0.717, 1.165) is 22.3 Å². The van der Waals surface area contributed by atoms with Gasteiger partial charge in [-0.05, 0) is 64.5 Å². The van der Waals surface area contributed by atoms with Gasteiger partial charge in [0.15, 0.2) is 0 Å². The van der Waals surface area contributed by atoms with Crippen molar-refractivity contribution in [2.75, 3.05) is 13.7 Å². The summed E-state index contributed by atoms with van der Waals surface area (Å²) in [5.74, 6) is -1.06. The minimum absolute atomic E-state index is 0.0128. The molecule has 0 bridgehead atoms. The first-order valence-electron chi connectivity index (χ1n) is 16.6. The van der Waals surface area contributed by atoms with Crippen LogP contribution >= 0.6 is 0 Å². The van der Waals surface area contributed by atoms with Crippen molar-refractivity contribution in [3.05, 3.63) is 90.3 Å². The average Bonchev–Trinajstić information content (AvgIpc) is 3.05. The fourth-order valence-electron chi connectivity index (χ4n) is 5.83. The molecule has 50 heavy (non-hydrogen) atoms. The number of carboxylic acid groups (broad SMARTS) is 1. The molecule has 0 saturated carbocycles. The predicted molar refractivity (Wildman–Crippen MR) is 191 cm³/mol. The SMILES string of the molecule is COC(=O)N[C@H](C(=O)NCC[C@H](O)[C@](Cc1ccccc1)(Cc1ccc(-c2ccncc2)cc1)NC(=O)[C@H](NC(=O)O)C(C)(C)C)C(C)(C)C. The smallest absolute Gasteiger partial charge is 0.407 e. The van der Waals surface area contributed by atoms with Gasteiger partial charge in [0.25, 0.3) is 0 Å². The second-order valence-corrected chi connectivity index (χ2v) is 14.7. The van der Waals surface area contributed by atoms with Gasteiger partial charge in [-0.25, -0.2) is 9.59 Å². The van der Waals surface area contributed by atoms with Crippen LogP contribution in [-0.4, -0.2) is 76.6 Å². The highest BCUT2D eigenvalue weighted by Crippen LogP contribution is 2.29. The summed E-state index contributed by atoms with van der Waals surface area (Å²) in [5, 5.41) is 32.6. The van der Waals surface area contributed by atoms with E-state index >= 15 is 0 Å². The third-order valence-corrected chi connectivity index (χ3v) is 8.55. The first-order chi connectivity index (χ1) is 23.4. The largest absolute Gasteiger partial charge is 0.465 e. The van der Waals surface area contributed by atoms with E-state index in [1.54, 1.807) is 53.9 Å². The van der Waals surface area contributed by atoms with Crippen LogP contribution in [-0.2, 0) is 27.2 Å². The van der Waals surface area contributed by atoms with Crippen molar-refractivity contribution in [2.45, 2.75) is 84.5 Å². The molecule has 0 aliphatic carbocycles. The number of aliphatic hydroxyl groups excluding tert-OH is 1. The number of carbonyl (C=O) groups is 4. The fraction of sp³-hybridized carbons (Fsp3) is 0.447. The van der Waals surface area contributed by atoms with Crippen LogP contribution in [0.5, 0.6) is 0 Å². The molecule has 1 aromatic heterocycles. The molecule has 0 unspecified atom stereocenters. The minimum Gasteiger partial charge on any atom is -0.465 e. The van der Waals surface area contributed by atoms with E-state index in [9.17, 15) is 29.4 Å². The predicted octanol–water partition coefficient (Wildman–Crippen LogP) is 4.71. The summed E-state index contributed by atoms with van der Waals surface area (Å²) < 4.78 is 4.71. The van der Waals surface area contributed by atoms with Crippen LogP contribution in [0.3, 0.4) is 0 Å². The molecule has 270 valence electrons. The van der Waals surface area contributed by atoms with E-state index in [0.29, 0.717) is 0 Å². The number of benzene rings is 2. The maximum Gasteiger partial charge on any atom is 0.407 e. The molecule has 12 nitrogen and oxygen atoms in total. The Morgan fingerprint density at radius 2 is 1.26 bits per heavy atom. The molecule has 12 heteroatoms. The molecule has 3 aromatic rings. The average molecular weight is 690 g/mol. The lowest BCUT2D eigenvalue weighted by Crippen LogP contribution is -2.65. The number of ether oxygens (including phenoxy) is 1. The Kier molecular flexibility index (Phi) is 13.5. The normalized spacial score (nSPS) is 14.6. The van der Waals surface area contributed by atoms with Crippen molar-refractivity contribution in [2.24, 2.45) is 10.8 Å². The highest BCUT2D eigenvalue weighted by atomic mass is 16.5. The second-order valence-electron chi connectivity index (χ2n) is 14.7. The van der Waals surface area contributed by atoms with Gasteiger partial charge in [-0.1, -0.05) is 96.1 Å². The van der Waals surface area contributed by atoms with Crippen LogP contribution in [0.2, 0.25) is 0 Å². The summed E-state index contributed by atoms with van der Waals surface area (Å²) in [5.41, 5.74) is 0.787. The van der Waals surface area contributed by atoms with Crippen LogP contribution in [0.1, 0.15) is 59.1 Å². The Bertz CT molecular complexity index is 1570. The van der Waals surface area contributed by atoms with Gasteiger partial charge in [0.2, 0.25) is 11.8 Å². The molecule has 6 N–H and O–H groups in total. The van der Waals surface area contributed by atoms with Gasteiger partial charge >= 0.3 is 12.2 Å². The highest BCUT2D eigenvalue weighted by Gasteiger charge is 2.43. The van der Waals surface area contributed by atoms with Crippen LogP contribution < -0.4 is 21.3 Å². The maximum absolute atomic E-state index is 14.1. The standard InChI is InChI=1S/C38H51N5O7/c1-36(2,3)30(42-35(49)50-7)32(45)40-22-19-29(44)38(23-25-11-9-8-10-12-25,43-33(46)31(37(4,5)6)41-34(47)48)24-26-13-15-27(16-14-26)28-17-20-39-21-18-28/h8-18,20-21,29-31,41,44H,19,22-24H2,1-7H3,(H,40,45)(H,42,49)(H,43,46)(H,47,48)/t29-,30+,31-,38-/m0/s1. The molecule has 0 aliphatic heterocycles. The van der Waals surface area contributed by atoms with Gasteiger partial charge in [0.1, 0.15) is 12.1 Å². The number of nitrogens with zero attached hydrogens (tertiary/aromatic N) is 1. The number of amides is 4. The number of carbonyl (C=O) groups excluding carboxylic acids is 3. The van der Waals surface area contributed by atoms with E-state index < -0.39 is 58.6 Å². The molecule has 4 atom stereocenters. The fourth-order valence-corrected chi connectivity index (χ4v) is 5.83. The third-order valence-electron chi connectivity index (χ3n) is 8.55. The van der Waals surface area contributed by atoms with Crippen LogP contribution in [0.25, 0.3) is 11.1 Å². The van der Waals surface area contributed by atoms with Gasteiger partial charge < -0.3 is 36.2 Å². The summed E-state index contributed by atoms with van der Waals surface area (Å²) in [6, 6.07) is 18.9. The molecule has 4 amide bonds. The molecule has 3 rings (SSSR count). The third kappa shape index (κ3) is 11.3. The molecule has 0 radical (unpaired) electrons. The van der Waals surface area contributed by atoms with Crippen molar-refractivity contribution in [1.82, 2.24) is 26.3 Å². The van der Waals surface area contributed by atoms with Gasteiger partial charge in [0.05, 0.1) is 18.8 Å². The molecular formula is C38H51N5O7. The monoisotopic (exact) mass is 689 g/mol. The Morgan fingerprint density at radius 3 is 1.78 bits per heavy atom. The molecule has 0 saturated heterocycles. The summed E-state index contributed by atoms with van der Waals surface area (Å²) in [4.78, 5) is 55.3. The maximum atomic E-state index is 14.1. The lowest BCUT2D eigenvalue weighted by atomic mass is 9.77. The van der Waals surface area contributed by atoms with Crippen LogP contribution in [0.4, 0.5) is 9.59 Å². The van der Waals surface area contributed by atoms with E-state index in [4.69, 9.17) is 4.74 Å². The van der Waals surface area contributed by atoms with Crippen molar-refractivity contribution in [1.29, 1.82) is 0 Å². The number of aliphatic hydroxyl groups is 1. The Balaban J connectivity index is 2.03. The number of pyridine rings is 1. The molecule has 0 aliphatic rings. The zero-order valence-electron chi connectivity index (χ0n) is 29.9. The van der Waals surface area contributed by atoms with E-state index in [2.05, 4.69) is 26.3 Å². The molecule has 0 spiro atoms. The number of nitrogens with one attached hydrogen (secondary N) is 4. The van der Waals surface area contributed by atoms with Crippen LogP contribution in [0, 0.1) is 10.8 Å². The lowest BCUT2D eigenvalue weighted by Gasteiger charge is -2.42. The first-order valence-corrected chi connectivity index (χ1v) is 16.6. The minimum atomic E-state index is -1.35. The number of hydrogen-bond donors (Lipinski definition) is 6. The highest BCUT2D eigenvalue weighted by molar-refractivity contribution is 5.87. The zero-order valence-corrected chi connectivity index (χ0v) is 29.9. The van der Waals surface area contributed by atoms with Gasteiger partial charge in [0, 0.05) is 18.9 Å². The van der Waals surface area contributed by atoms with E-state index in [-0.39, 0.29) is 25.8 Å². The Labute approximate surface area is 294 Å². The van der Waals surface area contributed by atoms with Gasteiger partial charge in [-0.15, -0.1) is 0 Å². The topological polar surface area (TPSA) is 179 Å². The van der Waals surface area contributed by atoms with E-state index in [1.165, 1.54) is 7.11 Å². The van der Waals surface area contributed by atoms with Crippen molar-refractivity contribution >= 4 is 24.0 Å². The Morgan fingerprint density at radius 1 is 0.740 bits per heavy atom. The number of alkyl carbamates (subject to hydrolysis) is 1. The molecular weight excluding hydrogens is 638 g/mol. The van der Waals surface area contributed by atoms with Crippen molar-refractivity contribution in [3.63, 3.8) is 0 Å². The van der Waals surface area contributed by atoms with Gasteiger partial charge in [-0.3, -0.25) is 14.6 Å². The summed E-state index contributed by atoms with van der Waals surface area (Å²) in [6.45, 7) is 10.7. The van der Waals surface area contributed by atoms with Gasteiger partial charge in [-0.2, -0.15) is 0 Å². The summed E-state index contributed by atoms with van der Waals surface area (Å²) >= 11 is 0. The summed E-state index contributed by atoms with van der Waals surface area (Å²) in [6.07, 6.45) is 0.502. The molecule has 2 aromatic carbocycles. The first kappa shape index (κ1) is 39.5. The Hall–Kier alpha value is -4.97. The molecule has 1 heterocycles. The quantitative estimate of drug-likeness (QED) is 0.141. The second kappa shape index (κ2) is 17.1. The van der Waals surface area contributed by atoms with Crippen molar-refractivity contribution < 1.29 is 34.1 Å². The number of rotatable bonds is 14. The number of hydrogen-bond acceptors (Lipinski definition) is 7. The zero-order chi connectivity index (χ0) is 37.1. The lowest BCUT2D eigenvalue weighted by molar-refractivity contribution is -0.130. The van der Waals surface area contributed by atoms with E-state index in [1.807, 2.05) is 66.7 Å². The number of methoxy groups -OCH3 is 1. The van der Waals surface area contributed by atoms with Crippen LogP contribution in [0.15, 0.2) is 79.1 Å². The number of aromatic nitrogens is 1.